The number of hydrogen-bond acceptors (Lipinski definition) is 17. The number of fused-ring (bicyclic) bond motifs is 5. The minimum atomic E-state index is -2.48. The fraction of sp³-hybridized carbons (Fsp3) is 0.659. The van der Waals surface area contributed by atoms with Gasteiger partial charge in [-0.1, -0.05) is 32.0 Å². The summed E-state index contributed by atoms with van der Waals surface area (Å²) in [6.07, 6.45) is -11.3. The molecule has 2 bridgehead atoms. The molecule has 0 spiro atoms. The van der Waals surface area contributed by atoms with E-state index < -0.39 is 136 Å². The van der Waals surface area contributed by atoms with Crippen molar-refractivity contribution < 1.29 is 81.7 Å². The number of nitrogens with one attached hydrogen (secondary N) is 1. The van der Waals surface area contributed by atoms with Crippen LogP contribution in [0.3, 0.4) is 0 Å². The number of benzene rings is 1. The van der Waals surface area contributed by atoms with Gasteiger partial charge in [0.15, 0.2) is 17.5 Å². The quantitative estimate of drug-likeness (QED) is 0.201. The lowest BCUT2D eigenvalue weighted by atomic mass is 9.44. The molecule has 3 N–H and O–H groups in total. The van der Waals surface area contributed by atoms with Crippen LogP contribution in [0.5, 0.6) is 0 Å². The summed E-state index contributed by atoms with van der Waals surface area (Å²) in [6, 6.07) is 6.42. The summed E-state index contributed by atoms with van der Waals surface area (Å²) in [5.74, 6) is -6.47. The highest BCUT2D eigenvalue weighted by Gasteiger charge is 2.79. The smallest absolute Gasteiger partial charge is 0.455 e. The van der Waals surface area contributed by atoms with Crippen molar-refractivity contribution in [2.75, 3.05) is 13.7 Å². The number of aliphatic hydroxyl groups is 2. The number of alkyl carbamates (subject to hydrolysis) is 1. The molecule has 18 heteroatoms. The van der Waals surface area contributed by atoms with Crippen LogP contribution in [0, 0.1) is 22.2 Å². The van der Waals surface area contributed by atoms with Gasteiger partial charge in [0.1, 0.15) is 29.0 Å². The first-order chi connectivity index (χ1) is 28.5. The largest absolute Gasteiger partial charge is 0.508 e. The number of Topliss-reactive ketones (excluding diaryl/α,β-unsaturated/α-hetero) is 1. The topological polar surface area (TPSA) is 246 Å². The molecule has 2 saturated carbocycles. The molecule has 2 aliphatic heterocycles. The molecule has 0 aromatic heterocycles. The number of ether oxygens (including phenoxy) is 8. The van der Waals surface area contributed by atoms with Crippen molar-refractivity contribution in [3.63, 3.8) is 0 Å². The Morgan fingerprint density at radius 2 is 1.56 bits per heavy atom. The predicted octanol–water partition coefficient (Wildman–Crippen LogP) is 3.66. The van der Waals surface area contributed by atoms with E-state index in [1.54, 1.807) is 39.0 Å². The Morgan fingerprint density at radius 1 is 0.935 bits per heavy atom. The number of carbonyl (C=O) groups is 7. The molecule has 1 aromatic rings. The van der Waals surface area contributed by atoms with Crippen molar-refractivity contribution in [2.24, 2.45) is 22.2 Å². The number of methoxy groups -OCH3 is 1. The molecule has 1 amide bonds. The normalized spacial score (nSPS) is 36.8. The van der Waals surface area contributed by atoms with Gasteiger partial charge < -0.3 is 53.4 Å². The van der Waals surface area contributed by atoms with Gasteiger partial charge in [-0.2, -0.15) is 0 Å². The third-order valence-corrected chi connectivity index (χ3v) is 13.8. The van der Waals surface area contributed by atoms with E-state index in [-0.39, 0.29) is 23.1 Å². The molecule has 18 nitrogen and oxygen atoms in total. The molecule has 2 saturated heterocycles. The van der Waals surface area contributed by atoms with Crippen molar-refractivity contribution in [1.29, 1.82) is 0 Å². The lowest BCUT2D eigenvalue weighted by Gasteiger charge is -2.67. The average molecular weight is 872 g/mol. The number of carbonyl (C=O) groups excluding carboxylic acids is 7. The maximum absolute atomic E-state index is 15.6. The van der Waals surface area contributed by atoms with Crippen LogP contribution in [0.15, 0.2) is 41.5 Å². The van der Waals surface area contributed by atoms with Gasteiger partial charge in [0, 0.05) is 25.2 Å². The maximum atomic E-state index is 15.6. The molecule has 340 valence electrons. The number of hydrogen-bond donors (Lipinski definition) is 3. The van der Waals surface area contributed by atoms with E-state index in [0.717, 1.165) is 14.0 Å². The summed E-state index contributed by atoms with van der Waals surface area (Å²) >= 11 is 0. The fourth-order valence-electron chi connectivity index (χ4n) is 10.2. The van der Waals surface area contributed by atoms with Gasteiger partial charge in [0.2, 0.25) is 6.10 Å². The van der Waals surface area contributed by atoms with E-state index >= 15 is 4.79 Å². The third-order valence-electron chi connectivity index (χ3n) is 13.8. The first-order valence-corrected chi connectivity index (χ1v) is 20.4. The van der Waals surface area contributed by atoms with Gasteiger partial charge in [-0.05, 0) is 78.7 Å². The maximum Gasteiger partial charge on any atom is 0.508 e. The number of ketones is 1. The highest BCUT2D eigenvalue weighted by atomic mass is 16.8. The van der Waals surface area contributed by atoms with Crippen LogP contribution < -0.4 is 5.32 Å². The summed E-state index contributed by atoms with van der Waals surface area (Å²) in [5.41, 5.74) is -12.5. The van der Waals surface area contributed by atoms with Gasteiger partial charge in [0.25, 0.3) is 0 Å². The van der Waals surface area contributed by atoms with Crippen molar-refractivity contribution >= 4 is 41.9 Å². The number of rotatable bonds is 7. The van der Waals surface area contributed by atoms with Gasteiger partial charge in [-0.3, -0.25) is 14.4 Å². The zero-order chi connectivity index (χ0) is 46.3. The highest BCUT2D eigenvalue weighted by Crippen LogP contribution is 2.65. The van der Waals surface area contributed by atoms with Crippen LogP contribution in [-0.4, -0.2) is 125 Å². The molecule has 1 aromatic carbocycles. The Morgan fingerprint density at radius 3 is 2.11 bits per heavy atom. The molecule has 2 heterocycles. The fourth-order valence-corrected chi connectivity index (χ4v) is 10.2. The number of aliphatic hydroxyl groups excluding tert-OH is 1. The van der Waals surface area contributed by atoms with Crippen molar-refractivity contribution in [3.8, 4) is 0 Å². The van der Waals surface area contributed by atoms with Gasteiger partial charge in [0.05, 0.1) is 48.2 Å². The van der Waals surface area contributed by atoms with Crippen LogP contribution in [0.4, 0.5) is 9.59 Å². The molecule has 3 unspecified atom stereocenters. The Hall–Kier alpha value is -5.07. The van der Waals surface area contributed by atoms with Crippen molar-refractivity contribution in [1.82, 2.24) is 5.32 Å². The van der Waals surface area contributed by atoms with Crippen molar-refractivity contribution in [3.05, 3.63) is 47.0 Å². The molecule has 11 atom stereocenters. The Labute approximate surface area is 359 Å². The van der Waals surface area contributed by atoms with E-state index in [1.807, 2.05) is 0 Å². The molecule has 4 fully saturated rings. The summed E-state index contributed by atoms with van der Waals surface area (Å²) in [4.78, 5) is 97.0. The Balaban J connectivity index is 1.58. The molecule has 6 rings (SSSR count). The SMILES string of the molecule is COC(=O)O[C@@]12CO[C@@H]1CC(O)[C@@]1(C)C(=O)[C@H](OC(C)=O)C3=C(C)[C@@](C)(OC(=O)C4OC(=O)C(C)(C)[C@@H]4NC(=O)OC(C)(C)C)C[C@@](O)([C@@H](OC(=O)c4ccccc4)C12)C3(C)C. The number of amides is 1. The van der Waals surface area contributed by atoms with E-state index in [0.29, 0.717) is 0 Å². The number of esters is 4. The zero-order valence-electron chi connectivity index (χ0n) is 37.1. The second-order valence-electron chi connectivity index (χ2n) is 19.5. The lowest BCUT2D eigenvalue weighted by molar-refractivity contribution is -0.345. The standard InChI is InChI=1S/C44H57NO17/c1-21-26-27(57-22(2)46)31(48)42(11)24(47)18-25-43(20-56-25,62-37(53)55-12)29(42)32(59-33(49)23-16-14-13-15-17-23)44(54,40(26,8)9)19-41(21,10)60-34(50)28-30(39(6,7)35(51)58-28)45-36(52)61-38(3,4)5/h13-17,24-25,27-30,32,47,54H,18-20H2,1-12H3,(H,45,52)/t24?,25-,27-,28?,29?,30-,32+,41+,42-,43+,44-/m1/s1. The van der Waals surface area contributed by atoms with Crippen LogP contribution in [0.2, 0.25) is 0 Å². The molecule has 3 aliphatic carbocycles. The molecular formula is C44H57NO17. The van der Waals surface area contributed by atoms with E-state index in [2.05, 4.69) is 5.32 Å². The second-order valence-corrected chi connectivity index (χ2v) is 19.5. The number of cyclic esters (lactones) is 1. The predicted molar refractivity (Wildman–Crippen MR) is 212 cm³/mol. The third kappa shape index (κ3) is 7.20. The minimum Gasteiger partial charge on any atom is -0.455 e. The molecule has 5 aliphatic rings. The van der Waals surface area contributed by atoms with Crippen LogP contribution in [0.1, 0.15) is 99.4 Å². The molecular weight excluding hydrogens is 814 g/mol. The average Bonchev–Trinajstić information content (AvgIpc) is 3.38. The van der Waals surface area contributed by atoms with Gasteiger partial charge in [-0.15, -0.1) is 0 Å². The van der Waals surface area contributed by atoms with Crippen LogP contribution in [0.25, 0.3) is 0 Å². The summed E-state index contributed by atoms with van der Waals surface area (Å²) in [7, 11) is 1.06. The Kier molecular flexibility index (Phi) is 11.5. The summed E-state index contributed by atoms with van der Waals surface area (Å²) in [5, 5.41) is 28.5. The summed E-state index contributed by atoms with van der Waals surface area (Å²) in [6.45, 7) is 15.8. The minimum absolute atomic E-state index is 0.0358. The van der Waals surface area contributed by atoms with Crippen LogP contribution >= 0.6 is 0 Å². The molecule has 62 heavy (non-hydrogen) atoms. The lowest BCUT2D eigenvalue weighted by Crippen LogP contribution is -2.82. The Bertz CT molecular complexity index is 2090. The van der Waals surface area contributed by atoms with Crippen molar-refractivity contribution in [2.45, 2.75) is 148 Å². The van der Waals surface area contributed by atoms with E-state index in [1.165, 1.54) is 60.6 Å². The monoisotopic (exact) mass is 871 g/mol. The zero-order valence-corrected chi connectivity index (χ0v) is 37.1. The van der Waals surface area contributed by atoms with Gasteiger partial charge in [-0.25, -0.2) is 19.2 Å². The second kappa shape index (κ2) is 15.3. The van der Waals surface area contributed by atoms with E-state index in [9.17, 15) is 39.0 Å². The van der Waals surface area contributed by atoms with E-state index in [4.69, 9.17) is 37.9 Å². The van der Waals surface area contributed by atoms with Gasteiger partial charge >= 0.3 is 36.1 Å². The highest BCUT2D eigenvalue weighted by molar-refractivity contribution is 5.96. The first-order valence-electron chi connectivity index (χ1n) is 20.4. The first kappa shape index (κ1) is 46.4. The van der Waals surface area contributed by atoms with Crippen LogP contribution in [-0.2, 0) is 57.1 Å². The molecule has 0 radical (unpaired) electrons. The summed E-state index contributed by atoms with van der Waals surface area (Å²) < 4.78 is 46.3.